The van der Waals surface area contributed by atoms with E-state index in [4.69, 9.17) is 26.4 Å². The van der Waals surface area contributed by atoms with Crippen LogP contribution in [0.3, 0.4) is 0 Å². The quantitative estimate of drug-likeness (QED) is 0.743. The van der Waals surface area contributed by atoms with E-state index >= 15 is 0 Å². The number of rotatable bonds is 4. The summed E-state index contributed by atoms with van der Waals surface area (Å²) >= 11 is 6.63. The van der Waals surface area contributed by atoms with Gasteiger partial charge in [-0.2, -0.15) is 0 Å². The summed E-state index contributed by atoms with van der Waals surface area (Å²) < 4.78 is 17.8. The van der Waals surface area contributed by atoms with Crippen molar-refractivity contribution in [1.82, 2.24) is 0 Å². The molecule has 0 aromatic rings. The zero-order valence-electron chi connectivity index (χ0n) is 12.4. The van der Waals surface area contributed by atoms with Crippen molar-refractivity contribution >= 4 is 34.1 Å². The van der Waals surface area contributed by atoms with E-state index in [1.54, 1.807) is 6.92 Å². The molecular formula is C14H22O4S2. The largest absolute Gasteiger partial charge is 0.479 e. The molecule has 1 aliphatic carbocycles. The standard InChI is InChI=1S/C14H22O4S2/c1-5-16-12(19)20-11-10(6-9(2)15)14(11)17-7-13(3,4)8-18-14/h10-11H,5-8H2,1-4H3/t10-,11-/m1/s1. The average molecular weight is 318 g/mol. The summed E-state index contributed by atoms with van der Waals surface area (Å²) in [5.41, 5.74) is 0.0181. The minimum atomic E-state index is -0.646. The molecule has 2 fully saturated rings. The highest BCUT2D eigenvalue weighted by molar-refractivity contribution is 8.23. The van der Waals surface area contributed by atoms with Crippen LogP contribution >= 0.6 is 24.0 Å². The maximum absolute atomic E-state index is 11.4. The van der Waals surface area contributed by atoms with Gasteiger partial charge in [-0.1, -0.05) is 25.6 Å². The molecule has 2 atom stereocenters. The molecule has 114 valence electrons. The van der Waals surface area contributed by atoms with Crippen molar-refractivity contribution in [2.75, 3.05) is 19.8 Å². The van der Waals surface area contributed by atoms with Crippen LogP contribution in [0.1, 0.15) is 34.1 Å². The first-order valence-corrected chi connectivity index (χ1v) is 8.20. The summed E-state index contributed by atoms with van der Waals surface area (Å²) in [6.45, 7) is 9.54. The van der Waals surface area contributed by atoms with E-state index in [1.807, 2.05) is 6.92 Å². The van der Waals surface area contributed by atoms with Gasteiger partial charge >= 0.3 is 0 Å². The Morgan fingerprint density at radius 2 is 2.00 bits per heavy atom. The fourth-order valence-electron chi connectivity index (χ4n) is 2.43. The van der Waals surface area contributed by atoms with Gasteiger partial charge in [-0.15, -0.1) is 0 Å². The smallest absolute Gasteiger partial charge is 0.220 e. The summed E-state index contributed by atoms with van der Waals surface area (Å²) in [6, 6.07) is 0. The Labute approximate surface area is 129 Å². The Balaban J connectivity index is 2.02. The van der Waals surface area contributed by atoms with Gasteiger partial charge in [0.05, 0.1) is 25.1 Å². The van der Waals surface area contributed by atoms with Gasteiger partial charge in [0, 0.05) is 17.8 Å². The van der Waals surface area contributed by atoms with Crippen molar-refractivity contribution in [1.29, 1.82) is 0 Å². The molecule has 1 saturated heterocycles. The third-order valence-electron chi connectivity index (χ3n) is 3.54. The fourth-order valence-corrected chi connectivity index (χ4v) is 4.10. The summed E-state index contributed by atoms with van der Waals surface area (Å²) in [5.74, 6) is -0.427. The number of hydrogen-bond acceptors (Lipinski definition) is 6. The van der Waals surface area contributed by atoms with Crippen molar-refractivity contribution in [2.45, 2.75) is 45.2 Å². The number of carbonyl (C=O) groups is 1. The van der Waals surface area contributed by atoms with Crippen LogP contribution in [0.5, 0.6) is 0 Å². The van der Waals surface area contributed by atoms with Crippen LogP contribution in [-0.4, -0.2) is 41.0 Å². The lowest BCUT2D eigenvalue weighted by Gasteiger charge is -2.36. The highest BCUT2D eigenvalue weighted by Crippen LogP contribution is 2.59. The van der Waals surface area contributed by atoms with Crippen LogP contribution in [-0.2, 0) is 19.0 Å². The first kappa shape index (κ1) is 16.2. The van der Waals surface area contributed by atoms with Crippen LogP contribution in [0.4, 0.5) is 0 Å². The molecule has 6 heteroatoms. The number of hydrogen-bond donors (Lipinski definition) is 0. The number of ketones is 1. The van der Waals surface area contributed by atoms with E-state index in [0.717, 1.165) is 0 Å². The van der Waals surface area contributed by atoms with E-state index in [2.05, 4.69) is 13.8 Å². The molecule has 20 heavy (non-hydrogen) atoms. The van der Waals surface area contributed by atoms with Crippen molar-refractivity contribution in [2.24, 2.45) is 11.3 Å². The maximum Gasteiger partial charge on any atom is 0.220 e. The normalized spacial score (nSPS) is 30.0. The summed E-state index contributed by atoms with van der Waals surface area (Å²) in [7, 11) is 0. The molecule has 0 amide bonds. The molecule has 1 saturated carbocycles. The van der Waals surface area contributed by atoms with Gasteiger partial charge in [-0.25, -0.2) is 0 Å². The predicted molar refractivity (Wildman–Crippen MR) is 82.8 cm³/mol. The third kappa shape index (κ3) is 3.35. The first-order chi connectivity index (χ1) is 9.31. The first-order valence-electron chi connectivity index (χ1n) is 6.91. The molecule has 0 bridgehead atoms. The molecule has 1 spiro atoms. The summed E-state index contributed by atoms with van der Waals surface area (Å²) in [4.78, 5) is 11.4. The second-order valence-electron chi connectivity index (χ2n) is 6.20. The molecule has 2 aliphatic rings. The van der Waals surface area contributed by atoms with Crippen molar-refractivity contribution in [3.8, 4) is 0 Å². The number of Topliss-reactive ketones (excluding diaryl/α,β-unsaturated/α-hetero) is 1. The Morgan fingerprint density at radius 3 is 2.50 bits per heavy atom. The number of carbonyl (C=O) groups excluding carboxylic acids is 1. The van der Waals surface area contributed by atoms with E-state index in [9.17, 15) is 4.79 Å². The van der Waals surface area contributed by atoms with Gasteiger partial charge in [-0.05, 0) is 26.1 Å². The van der Waals surface area contributed by atoms with Crippen molar-refractivity contribution in [3.63, 3.8) is 0 Å². The van der Waals surface area contributed by atoms with Crippen LogP contribution in [0.25, 0.3) is 0 Å². The highest BCUT2D eigenvalue weighted by Gasteiger charge is 2.70. The Morgan fingerprint density at radius 1 is 1.40 bits per heavy atom. The topological polar surface area (TPSA) is 44.8 Å². The van der Waals surface area contributed by atoms with Gasteiger partial charge in [0.15, 0.2) is 5.79 Å². The summed E-state index contributed by atoms with van der Waals surface area (Å²) in [6.07, 6.45) is 0.465. The average Bonchev–Trinajstić information content (AvgIpc) is 2.90. The lowest BCUT2D eigenvalue weighted by Crippen LogP contribution is -2.41. The Hall–Kier alpha value is -0.170. The van der Waals surface area contributed by atoms with Crippen LogP contribution in [0.2, 0.25) is 0 Å². The van der Waals surface area contributed by atoms with Gasteiger partial charge in [0.25, 0.3) is 0 Å². The lowest BCUT2D eigenvalue weighted by molar-refractivity contribution is -0.249. The molecular weight excluding hydrogens is 296 g/mol. The second-order valence-corrected chi connectivity index (χ2v) is 7.94. The van der Waals surface area contributed by atoms with E-state index < -0.39 is 5.79 Å². The van der Waals surface area contributed by atoms with E-state index in [0.29, 0.717) is 30.6 Å². The molecule has 4 nitrogen and oxygen atoms in total. The van der Waals surface area contributed by atoms with Crippen LogP contribution < -0.4 is 0 Å². The second kappa shape index (κ2) is 5.91. The van der Waals surface area contributed by atoms with Crippen molar-refractivity contribution < 1.29 is 19.0 Å². The Bertz CT molecular complexity index is 398. The fraction of sp³-hybridized carbons (Fsp3) is 0.857. The Kier molecular flexibility index (Phi) is 4.79. The monoisotopic (exact) mass is 318 g/mol. The van der Waals surface area contributed by atoms with Crippen molar-refractivity contribution in [3.05, 3.63) is 0 Å². The molecule has 0 unspecified atom stereocenters. The van der Waals surface area contributed by atoms with E-state index in [1.165, 1.54) is 11.8 Å². The van der Waals surface area contributed by atoms with E-state index in [-0.39, 0.29) is 22.4 Å². The molecule has 0 radical (unpaired) electrons. The summed E-state index contributed by atoms with van der Waals surface area (Å²) in [5, 5.41) is 0.0570. The maximum atomic E-state index is 11.4. The molecule has 0 N–H and O–H groups in total. The number of thiocarbonyl (C=S) groups is 1. The zero-order valence-corrected chi connectivity index (χ0v) is 14.1. The predicted octanol–water partition coefficient (Wildman–Crippen LogP) is 2.79. The zero-order chi connectivity index (χ0) is 15.0. The minimum absolute atomic E-state index is 0.0181. The van der Waals surface area contributed by atoms with Gasteiger partial charge in [0.1, 0.15) is 5.78 Å². The molecule has 0 aromatic carbocycles. The highest BCUT2D eigenvalue weighted by atomic mass is 32.2. The van der Waals surface area contributed by atoms with Crippen LogP contribution in [0, 0.1) is 11.3 Å². The SMILES string of the molecule is CCOC(=S)S[C@@H]1[C@@H](CC(C)=O)C12OCC(C)(C)CO2. The number of thioether (sulfide) groups is 1. The molecule has 1 heterocycles. The minimum Gasteiger partial charge on any atom is -0.479 e. The van der Waals surface area contributed by atoms with Gasteiger partial charge in [0.2, 0.25) is 4.38 Å². The molecule has 1 aliphatic heterocycles. The number of ether oxygens (including phenoxy) is 3. The molecule has 0 aromatic heterocycles. The van der Waals surface area contributed by atoms with Gasteiger partial charge in [-0.3, -0.25) is 0 Å². The third-order valence-corrected chi connectivity index (χ3v) is 5.17. The van der Waals surface area contributed by atoms with Gasteiger partial charge < -0.3 is 19.0 Å². The lowest BCUT2D eigenvalue weighted by atomic mass is 9.95. The molecule has 2 rings (SSSR count). The van der Waals surface area contributed by atoms with Crippen LogP contribution in [0.15, 0.2) is 0 Å².